The summed E-state index contributed by atoms with van der Waals surface area (Å²) in [6.45, 7) is 6.92. The fourth-order valence-electron chi connectivity index (χ4n) is 3.68. The molecule has 0 aliphatic carbocycles. The molecule has 0 spiro atoms. The molecular formula is C23H25BO3. The van der Waals surface area contributed by atoms with Crippen molar-refractivity contribution in [2.24, 2.45) is 0 Å². The molecule has 3 aromatic rings. The second kappa shape index (κ2) is 7.38. The van der Waals surface area contributed by atoms with E-state index in [1.54, 1.807) is 0 Å². The van der Waals surface area contributed by atoms with Crippen molar-refractivity contribution in [2.45, 2.75) is 45.5 Å². The summed E-state index contributed by atoms with van der Waals surface area (Å²) >= 11 is 0. The number of hydrogen-bond donors (Lipinski definition) is 0. The second-order valence-electron chi connectivity index (χ2n) is 7.90. The first-order valence-electron chi connectivity index (χ1n) is 9.52. The monoisotopic (exact) mass is 360 g/mol. The van der Waals surface area contributed by atoms with Crippen LogP contribution in [0.2, 0.25) is 0 Å². The van der Waals surface area contributed by atoms with E-state index in [9.17, 15) is 0 Å². The Hall–Kier alpha value is -2.30. The number of fused-ring (bicyclic) bond motifs is 1. The Balaban J connectivity index is 1.52. The first-order valence-corrected chi connectivity index (χ1v) is 9.52. The minimum Gasteiger partial charge on any atom is -0.489 e. The van der Waals surface area contributed by atoms with Crippen LogP contribution in [0.1, 0.15) is 32.8 Å². The fraction of sp³-hybridized carbons (Fsp3) is 0.304. The van der Waals surface area contributed by atoms with Gasteiger partial charge >= 0.3 is 7.12 Å². The number of ether oxygens (including phenoxy) is 1. The third-order valence-electron chi connectivity index (χ3n) is 4.92. The van der Waals surface area contributed by atoms with Gasteiger partial charge in [-0.2, -0.15) is 0 Å². The molecule has 4 rings (SSSR count). The van der Waals surface area contributed by atoms with E-state index < -0.39 is 0 Å². The first kappa shape index (κ1) is 18.1. The average molecular weight is 360 g/mol. The molecule has 1 aliphatic heterocycles. The molecule has 0 amide bonds. The summed E-state index contributed by atoms with van der Waals surface area (Å²) in [5, 5.41) is 2.30. The lowest BCUT2D eigenvalue weighted by atomic mass is 9.74. The summed E-state index contributed by atoms with van der Waals surface area (Å²) in [4.78, 5) is 0. The van der Waals surface area contributed by atoms with Crippen molar-refractivity contribution in [3.63, 3.8) is 0 Å². The number of rotatable bonds is 4. The molecule has 0 saturated carbocycles. The lowest BCUT2D eigenvalue weighted by molar-refractivity contribution is -0.0229. The van der Waals surface area contributed by atoms with Gasteiger partial charge in [0.05, 0.1) is 5.60 Å². The van der Waals surface area contributed by atoms with Gasteiger partial charge < -0.3 is 14.0 Å². The van der Waals surface area contributed by atoms with Crippen molar-refractivity contribution in [1.82, 2.24) is 0 Å². The van der Waals surface area contributed by atoms with Crippen molar-refractivity contribution in [1.29, 1.82) is 0 Å². The number of benzene rings is 3. The molecule has 0 radical (unpaired) electrons. The SMILES string of the molecule is CC1CC(C)(C)OB(c2ccc3cc(OCc4ccccc4)ccc3c2)O1. The maximum Gasteiger partial charge on any atom is 0.494 e. The Morgan fingerprint density at radius 2 is 1.74 bits per heavy atom. The van der Waals surface area contributed by atoms with Gasteiger partial charge in [0.25, 0.3) is 0 Å². The molecule has 138 valence electrons. The molecule has 1 aliphatic rings. The van der Waals surface area contributed by atoms with Crippen LogP contribution in [0.3, 0.4) is 0 Å². The van der Waals surface area contributed by atoms with Crippen molar-refractivity contribution in [3.05, 3.63) is 72.3 Å². The Labute approximate surface area is 161 Å². The fourth-order valence-corrected chi connectivity index (χ4v) is 3.68. The largest absolute Gasteiger partial charge is 0.494 e. The van der Waals surface area contributed by atoms with Crippen molar-refractivity contribution in [2.75, 3.05) is 0 Å². The highest BCUT2D eigenvalue weighted by atomic mass is 16.6. The lowest BCUT2D eigenvalue weighted by Gasteiger charge is -2.38. The van der Waals surface area contributed by atoms with Gasteiger partial charge in [0.2, 0.25) is 0 Å². The molecule has 3 aromatic carbocycles. The molecule has 0 aromatic heterocycles. The second-order valence-corrected chi connectivity index (χ2v) is 7.90. The standard InChI is InChI=1S/C23H25BO3/c1-17-15-23(2,3)27-24(26-17)21-11-9-20-14-22(12-10-19(20)13-21)25-16-18-7-5-4-6-8-18/h4-14,17H,15-16H2,1-3H3. The van der Waals surface area contributed by atoms with Gasteiger partial charge in [0, 0.05) is 6.10 Å². The third-order valence-corrected chi connectivity index (χ3v) is 4.92. The highest BCUT2D eigenvalue weighted by Crippen LogP contribution is 2.27. The molecule has 1 atom stereocenters. The molecule has 1 heterocycles. The Morgan fingerprint density at radius 3 is 2.52 bits per heavy atom. The van der Waals surface area contributed by atoms with Crippen LogP contribution < -0.4 is 10.2 Å². The summed E-state index contributed by atoms with van der Waals surface area (Å²) in [6, 6.07) is 22.7. The zero-order valence-electron chi connectivity index (χ0n) is 16.1. The van der Waals surface area contributed by atoms with Crippen LogP contribution in [0.15, 0.2) is 66.7 Å². The highest BCUT2D eigenvalue weighted by Gasteiger charge is 2.38. The molecule has 3 nitrogen and oxygen atoms in total. The van der Waals surface area contributed by atoms with E-state index in [1.165, 1.54) is 0 Å². The summed E-state index contributed by atoms with van der Waals surface area (Å²) < 4.78 is 18.1. The third kappa shape index (κ3) is 4.34. The van der Waals surface area contributed by atoms with Crippen molar-refractivity contribution < 1.29 is 14.0 Å². The zero-order valence-corrected chi connectivity index (χ0v) is 16.1. The minimum atomic E-state index is -0.317. The van der Waals surface area contributed by atoms with Crippen LogP contribution in [-0.4, -0.2) is 18.8 Å². The summed E-state index contributed by atoms with van der Waals surface area (Å²) in [6.07, 6.45) is 1.09. The lowest BCUT2D eigenvalue weighted by Crippen LogP contribution is -2.51. The van der Waals surface area contributed by atoms with E-state index >= 15 is 0 Å². The van der Waals surface area contributed by atoms with Gasteiger partial charge in [-0.1, -0.05) is 54.6 Å². The van der Waals surface area contributed by atoms with Crippen LogP contribution in [-0.2, 0) is 15.9 Å². The molecule has 4 heteroatoms. The van der Waals surface area contributed by atoms with E-state index in [-0.39, 0.29) is 18.8 Å². The van der Waals surface area contributed by atoms with Crippen LogP contribution >= 0.6 is 0 Å². The molecule has 0 N–H and O–H groups in total. The van der Waals surface area contributed by atoms with Gasteiger partial charge in [-0.05, 0) is 61.1 Å². The van der Waals surface area contributed by atoms with E-state index in [0.717, 1.165) is 34.0 Å². The Bertz CT molecular complexity index is 923. The minimum absolute atomic E-state index is 0.174. The van der Waals surface area contributed by atoms with E-state index in [0.29, 0.717) is 6.61 Å². The van der Waals surface area contributed by atoms with Gasteiger partial charge in [-0.3, -0.25) is 0 Å². The topological polar surface area (TPSA) is 27.7 Å². The maximum absolute atomic E-state index is 6.14. The van der Waals surface area contributed by atoms with Gasteiger partial charge in [-0.25, -0.2) is 0 Å². The molecule has 27 heavy (non-hydrogen) atoms. The van der Waals surface area contributed by atoms with Crippen LogP contribution in [0.5, 0.6) is 5.75 Å². The van der Waals surface area contributed by atoms with Crippen molar-refractivity contribution in [3.8, 4) is 5.75 Å². The first-order chi connectivity index (χ1) is 13.0. The van der Waals surface area contributed by atoms with Crippen molar-refractivity contribution >= 4 is 23.4 Å². The molecule has 0 bridgehead atoms. The molecular weight excluding hydrogens is 335 g/mol. The van der Waals surface area contributed by atoms with Crippen LogP contribution in [0.25, 0.3) is 10.8 Å². The van der Waals surface area contributed by atoms with E-state index in [1.807, 2.05) is 24.3 Å². The maximum atomic E-state index is 6.14. The van der Waals surface area contributed by atoms with E-state index in [2.05, 4.69) is 63.2 Å². The summed E-state index contributed by atoms with van der Waals surface area (Å²) in [5.74, 6) is 0.874. The van der Waals surface area contributed by atoms with Gasteiger partial charge in [0.15, 0.2) is 0 Å². The summed E-state index contributed by atoms with van der Waals surface area (Å²) in [7, 11) is -0.317. The normalized spacial score (nSPS) is 19.2. The predicted octanol–water partition coefficient (Wildman–Crippen LogP) is 4.72. The van der Waals surface area contributed by atoms with E-state index in [4.69, 9.17) is 14.0 Å². The average Bonchev–Trinajstić information content (AvgIpc) is 2.65. The van der Waals surface area contributed by atoms with Gasteiger partial charge in [-0.15, -0.1) is 0 Å². The highest BCUT2D eigenvalue weighted by molar-refractivity contribution is 6.61. The smallest absolute Gasteiger partial charge is 0.489 e. The van der Waals surface area contributed by atoms with Gasteiger partial charge in [0.1, 0.15) is 12.4 Å². The zero-order chi connectivity index (χ0) is 18.9. The number of hydrogen-bond acceptors (Lipinski definition) is 3. The summed E-state index contributed by atoms with van der Waals surface area (Å²) in [5.41, 5.74) is 2.04. The molecule has 1 saturated heterocycles. The quantitative estimate of drug-likeness (QED) is 0.631. The van der Waals surface area contributed by atoms with Crippen LogP contribution in [0, 0.1) is 0 Å². The molecule has 1 fully saturated rings. The predicted molar refractivity (Wildman–Crippen MR) is 110 cm³/mol. The Morgan fingerprint density at radius 1 is 1.00 bits per heavy atom. The molecule has 1 unspecified atom stereocenters. The van der Waals surface area contributed by atoms with Crippen LogP contribution in [0.4, 0.5) is 0 Å². The Kier molecular flexibility index (Phi) is 4.94.